The van der Waals surface area contributed by atoms with Gasteiger partial charge in [0.1, 0.15) is 0 Å². The van der Waals surface area contributed by atoms with Crippen LogP contribution in [0.3, 0.4) is 0 Å². The predicted octanol–water partition coefficient (Wildman–Crippen LogP) is 0.955. The number of aromatic amines is 1. The summed E-state index contributed by atoms with van der Waals surface area (Å²) in [7, 11) is 0. The van der Waals surface area contributed by atoms with Crippen molar-refractivity contribution in [2.24, 2.45) is 0 Å². The van der Waals surface area contributed by atoms with Crippen LogP contribution < -0.4 is 5.32 Å². The van der Waals surface area contributed by atoms with Gasteiger partial charge in [-0.2, -0.15) is 5.10 Å². The minimum Gasteiger partial charge on any atom is -0.379 e. The summed E-state index contributed by atoms with van der Waals surface area (Å²) in [5, 5.41) is 9.07. The van der Waals surface area contributed by atoms with Crippen molar-refractivity contribution in [3.8, 4) is 0 Å². The third kappa shape index (κ3) is 4.60. The van der Waals surface area contributed by atoms with E-state index in [0.717, 1.165) is 6.42 Å². The summed E-state index contributed by atoms with van der Waals surface area (Å²) in [5.74, 6) is -0.103. The van der Waals surface area contributed by atoms with Crippen LogP contribution in [0.2, 0.25) is 0 Å². The zero-order valence-corrected chi connectivity index (χ0v) is 9.12. The van der Waals surface area contributed by atoms with Crippen molar-refractivity contribution >= 4 is 5.91 Å². The van der Waals surface area contributed by atoms with Crippen molar-refractivity contribution < 1.29 is 9.53 Å². The predicted molar refractivity (Wildman–Crippen MR) is 56.6 cm³/mol. The molecule has 0 radical (unpaired) electrons. The summed E-state index contributed by atoms with van der Waals surface area (Å²) in [6.07, 6.45) is 4.14. The molecule has 1 amide bonds. The van der Waals surface area contributed by atoms with Crippen molar-refractivity contribution in [3.63, 3.8) is 0 Å². The lowest BCUT2D eigenvalue weighted by atomic mass is 10.3. The Morgan fingerprint density at radius 3 is 3.07 bits per heavy atom. The molecule has 0 saturated carbocycles. The van der Waals surface area contributed by atoms with Gasteiger partial charge in [0, 0.05) is 19.3 Å². The van der Waals surface area contributed by atoms with E-state index >= 15 is 0 Å². The molecule has 0 spiro atoms. The fourth-order valence-corrected chi connectivity index (χ4v) is 1.07. The Bertz CT molecular complexity index is 283. The van der Waals surface area contributed by atoms with Gasteiger partial charge >= 0.3 is 0 Å². The minimum absolute atomic E-state index is 0.103. The van der Waals surface area contributed by atoms with Crippen molar-refractivity contribution in [2.45, 2.75) is 26.4 Å². The average Bonchev–Trinajstić information content (AvgIpc) is 2.69. The summed E-state index contributed by atoms with van der Waals surface area (Å²) >= 11 is 0. The van der Waals surface area contributed by atoms with Gasteiger partial charge in [-0.15, -0.1) is 0 Å². The van der Waals surface area contributed by atoms with E-state index < -0.39 is 0 Å². The quantitative estimate of drug-likeness (QED) is 0.688. The summed E-state index contributed by atoms with van der Waals surface area (Å²) in [6, 6.07) is 0. The van der Waals surface area contributed by atoms with Gasteiger partial charge in [-0.25, -0.2) is 0 Å². The number of carbonyl (C=O) groups excluding carboxylic acids is 1. The molecule has 0 aliphatic heterocycles. The molecule has 5 nitrogen and oxygen atoms in total. The van der Waals surface area contributed by atoms with Crippen LogP contribution in [0.4, 0.5) is 0 Å². The minimum atomic E-state index is -0.103. The van der Waals surface area contributed by atoms with Crippen molar-refractivity contribution in [2.75, 3.05) is 13.2 Å². The summed E-state index contributed by atoms with van der Waals surface area (Å²) in [4.78, 5) is 11.4. The van der Waals surface area contributed by atoms with E-state index in [0.29, 0.717) is 18.7 Å². The Labute approximate surface area is 89.2 Å². The van der Waals surface area contributed by atoms with Crippen LogP contribution in [0.15, 0.2) is 12.4 Å². The maximum atomic E-state index is 11.4. The van der Waals surface area contributed by atoms with E-state index in [9.17, 15) is 4.79 Å². The molecule has 2 N–H and O–H groups in total. The average molecular weight is 211 g/mol. The molecule has 0 unspecified atom stereocenters. The van der Waals surface area contributed by atoms with Crippen molar-refractivity contribution in [3.05, 3.63) is 18.0 Å². The Morgan fingerprint density at radius 2 is 2.47 bits per heavy atom. The maximum absolute atomic E-state index is 11.4. The summed E-state index contributed by atoms with van der Waals surface area (Å²) in [5.41, 5.74) is 0.555. The molecule has 15 heavy (non-hydrogen) atoms. The number of H-pyrrole nitrogens is 1. The number of aromatic nitrogens is 2. The molecule has 0 aliphatic rings. The first kappa shape index (κ1) is 11.7. The lowest BCUT2D eigenvalue weighted by molar-refractivity contribution is 0.0757. The Balaban J connectivity index is 2.08. The molecular weight excluding hydrogens is 194 g/mol. The molecule has 0 bridgehead atoms. The summed E-state index contributed by atoms with van der Waals surface area (Å²) in [6.45, 7) is 5.27. The first-order chi connectivity index (χ1) is 7.20. The standard InChI is InChI=1S/C10H17N3O2/c1-8(2)15-5-3-4-11-10(14)9-6-12-13-7-9/h6-8H,3-5H2,1-2H3,(H,11,14)(H,12,13). The molecule has 84 valence electrons. The highest BCUT2D eigenvalue weighted by molar-refractivity contribution is 5.93. The Hall–Kier alpha value is -1.36. The van der Waals surface area contributed by atoms with E-state index in [-0.39, 0.29) is 12.0 Å². The SMILES string of the molecule is CC(C)OCCCNC(=O)c1cn[nH]c1. The molecule has 1 heterocycles. The molecule has 0 aromatic carbocycles. The van der Waals surface area contributed by atoms with E-state index in [2.05, 4.69) is 15.5 Å². The third-order valence-corrected chi connectivity index (χ3v) is 1.82. The van der Waals surface area contributed by atoms with Crippen LogP contribution in [0.25, 0.3) is 0 Å². The maximum Gasteiger partial charge on any atom is 0.254 e. The molecule has 5 heteroatoms. The van der Waals surface area contributed by atoms with Gasteiger partial charge in [-0.05, 0) is 20.3 Å². The van der Waals surface area contributed by atoms with Crippen LogP contribution in [0, 0.1) is 0 Å². The molecule has 1 aromatic rings. The largest absolute Gasteiger partial charge is 0.379 e. The molecule has 1 aromatic heterocycles. The van der Waals surface area contributed by atoms with Gasteiger partial charge in [0.2, 0.25) is 0 Å². The molecule has 0 aliphatic carbocycles. The lowest BCUT2D eigenvalue weighted by Crippen LogP contribution is -2.25. The van der Waals surface area contributed by atoms with Crippen LogP contribution in [-0.4, -0.2) is 35.4 Å². The third-order valence-electron chi connectivity index (χ3n) is 1.82. The van der Waals surface area contributed by atoms with E-state index in [1.54, 1.807) is 6.20 Å². The fraction of sp³-hybridized carbons (Fsp3) is 0.600. The lowest BCUT2D eigenvalue weighted by Gasteiger charge is -2.07. The van der Waals surface area contributed by atoms with Crippen molar-refractivity contribution in [1.29, 1.82) is 0 Å². The van der Waals surface area contributed by atoms with Crippen molar-refractivity contribution in [1.82, 2.24) is 15.5 Å². The van der Waals surface area contributed by atoms with Gasteiger partial charge in [0.05, 0.1) is 17.9 Å². The van der Waals surface area contributed by atoms with Gasteiger partial charge in [0.15, 0.2) is 0 Å². The number of carbonyl (C=O) groups is 1. The van der Waals surface area contributed by atoms with Gasteiger partial charge in [-0.1, -0.05) is 0 Å². The smallest absolute Gasteiger partial charge is 0.254 e. The second-order valence-corrected chi connectivity index (χ2v) is 3.52. The van der Waals surface area contributed by atoms with E-state index in [4.69, 9.17) is 4.74 Å². The highest BCUT2D eigenvalue weighted by Gasteiger charge is 2.04. The van der Waals surface area contributed by atoms with Crippen LogP contribution in [0.1, 0.15) is 30.6 Å². The number of amides is 1. The van der Waals surface area contributed by atoms with Crippen LogP contribution in [0.5, 0.6) is 0 Å². The van der Waals surface area contributed by atoms with Crippen LogP contribution in [-0.2, 0) is 4.74 Å². The van der Waals surface area contributed by atoms with Gasteiger partial charge in [-0.3, -0.25) is 9.89 Å². The first-order valence-corrected chi connectivity index (χ1v) is 5.08. The first-order valence-electron chi connectivity index (χ1n) is 5.08. The highest BCUT2D eigenvalue weighted by Crippen LogP contribution is 1.93. The number of rotatable bonds is 6. The monoisotopic (exact) mass is 211 g/mol. The number of hydrogen-bond acceptors (Lipinski definition) is 3. The number of nitrogens with one attached hydrogen (secondary N) is 2. The molecule has 1 rings (SSSR count). The zero-order valence-electron chi connectivity index (χ0n) is 9.12. The fourth-order valence-electron chi connectivity index (χ4n) is 1.07. The number of nitrogens with zero attached hydrogens (tertiary/aromatic N) is 1. The number of ether oxygens (including phenoxy) is 1. The topological polar surface area (TPSA) is 67.0 Å². The second-order valence-electron chi connectivity index (χ2n) is 3.52. The molecule has 0 fully saturated rings. The summed E-state index contributed by atoms with van der Waals surface area (Å²) < 4.78 is 5.34. The van der Waals surface area contributed by atoms with E-state index in [1.807, 2.05) is 13.8 Å². The molecule has 0 saturated heterocycles. The Morgan fingerprint density at radius 1 is 1.67 bits per heavy atom. The van der Waals surface area contributed by atoms with Gasteiger partial charge < -0.3 is 10.1 Å². The van der Waals surface area contributed by atoms with Crippen LogP contribution >= 0.6 is 0 Å². The number of hydrogen-bond donors (Lipinski definition) is 2. The van der Waals surface area contributed by atoms with E-state index in [1.165, 1.54) is 6.20 Å². The zero-order chi connectivity index (χ0) is 11.1. The normalized spacial score (nSPS) is 10.6. The Kier molecular flexibility index (Phi) is 4.83. The highest BCUT2D eigenvalue weighted by atomic mass is 16.5. The second kappa shape index (κ2) is 6.19. The van der Waals surface area contributed by atoms with Gasteiger partial charge in [0.25, 0.3) is 5.91 Å². The molecule has 0 atom stereocenters. The molecular formula is C10H17N3O2.